The minimum atomic E-state index is -0.419. The highest BCUT2D eigenvalue weighted by Gasteiger charge is 2.31. The SMILES string of the molecule is CC1CC(c2ncc3nccc-3[nH]2)CC(c2cc(F)ccc2F)N1. The van der Waals surface area contributed by atoms with Crippen LogP contribution in [0.25, 0.3) is 11.4 Å². The predicted octanol–water partition coefficient (Wildman–Crippen LogP) is 3.78. The van der Waals surface area contributed by atoms with Gasteiger partial charge < -0.3 is 10.3 Å². The van der Waals surface area contributed by atoms with Crippen LogP contribution >= 0.6 is 0 Å². The zero-order valence-electron chi connectivity index (χ0n) is 13.3. The van der Waals surface area contributed by atoms with Crippen LogP contribution in [0.5, 0.6) is 0 Å². The first-order valence-corrected chi connectivity index (χ1v) is 8.11. The number of fused-ring (bicyclic) bond motifs is 1. The predicted molar refractivity (Wildman–Crippen MR) is 86.7 cm³/mol. The molecule has 0 saturated carbocycles. The smallest absolute Gasteiger partial charge is 0.128 e. The lowest BCUT2D eigenvalue weighted by atomic mass is 9.84. The average Bonchev–Trinajstić information content (AvgIpc) is 3.04. The summed E-state index contributed by atoms with van der Waals surface area (Å²) in [5.74, 6) is 0.213. The maximum atomic E-state index is 14.1. The monoisotopic (exact) mass is 328 g/mol. The highest BCUT2D eigenvalue weighted by atomic mass is 19.1. The van der Waals surface area contributed by atoms with Crippen LogP contribution in [0.15, 0.2) is 36.7 Å². The molecule has 1 aromatic carbocycles. The van der Waals surface area contributed by atoms with Gasteiger partial charge in [-0.3, -0.25) is 4.98 Å². The Morgan fingerprint density at radius 3 is 2.88 bits per heavy atom. The fraction of sp³-hybridized carbons (Fsp3) is 0.333. The van der Waals surface area contributed by atoms with Crippen molar-refractivity contribution in [3.63, 3.8) is 0 Å². The number of hydrogen-bond acceptors (Lipinski definition) is 3. The molecule has 0 bridgehead atoms. The molecule has 4 nitrogen and oxygen atoms in total. The maximum Gasteiger partial charge on any atom is 0.128 e. The van der Waals surface area contributed by atoms with Crippen LogP contribution in [0.4, 0.5) is 8.78 Å². The Kier molecular flexibility index (Phi) is 3.76. The summed E-state index contributed by atoms with van der Waals surface area (Å²) in [5, 5.41) is 3.37. The first kappa shape index (κ1) is 15.2. The van der Waals surface area contributed by atoms with Crippen LogP contribution in [-0.4, -0.2) is 21.0 Å². The van der Waals surface area contributed by atoms with Crippen LogP contribution in [0.1, 0.15) is 43.1 Å². The summed E-state index contributed by atoms with van der Waals surface area (Å²) in [6.07, 6.45) is 5.04. The van der Waals surface area contributed by atoms with E-state index in [2.05, 4.69) is 27.2 Å². The summed E-state index contributed by atoms with van der Waals surface area (Å²) in [4.78, 5) is 12.0. The van der Waals surface area contributed by atoms with Crippen LogP contribution in [-0.2, 0) is 0 Å². The number of aromatic amines is 1. The zero-order chi connectivity index (χ0) is 16.7. The van der Waals surface area contributed by atoms with Gasteiger partial charge in [0.2, 0.25) is 0 Å². The summed E-state index contributed by atoms with van der Waals surface area (Å²) in [7, 11) is 0. The van der Waals surface area contributed by atoms with E-state index in [0.717, 1.165) is 29.7 Å². The van der Waals surface area contributed by atoms with Gasteiger partial charge in [0, 0.05) is 29.8 Å². The van der Waals surface area contributed by atoms with Crippen molar-refractivity contribution >= 4 is 0 Å². The molecule has 3 atom stereocenters. The summed E-state index contributed by atoms with van der Waals surface area (Å²) < 4.78 is 27.7. The van der Waals surface area contributed by atoms with E-state index in [9.17, 15) is 8.78 Å². The summed E-state index contributed by atoms with van der Waals surface area (Å²) >= 11 is 0. The number of rotatable bonds is 2. The van der Waals surface area contributed by atoms with Gasteiger partial charge >= 0.3 is 0 Å². The molecule has 4 rings (SSSR count). The van der Waals surface area contributed by atoms with E-state index >= 15 is 0 Å². The average molecular weight is 328 g/mol. The highest BCUT2D eigenvalue weighted by Crippen LogP contribution is 2.36. The van der Waals surface area contributed by atoms with E-state index in [0.29, 0.717) is 12.0 Å². The molecule has 0 radical (unpaired) electrons. The molecular formula is C18H18F2N4. The van der Waals surface area contributed by atoms with E-state index in [4.69, 9.17) is 0 Å². The Morgan fingerprint density at radius 1 is 1.12 bits per heavy atom. The molecule has 0 amide bonds. The second-order valence-corrected chi connectivity index (χ2v) is 6.47. The molecule has 0 aliphatic carbocycles. The van der Waals surface area contributed by atoms with Gasteiger partial charge in [-0.05, 0) is 44.0 Å². The van der Waals surface area contributed by atoms with Crippen molar-refractivity contribution in [2.45, 2.75) is 37.8 Å². The Labute approximate surface area is 138 Å². The molecule has 3 aliphatic heterocycles. The van der Waals surface area contributed by atoms with Crippen molar-refractivity contribution in [3.05, 3.63) is 59.7 Å². The molecule has 3 heterocycles. The highest BCUT2D eigenvalue weighted by molar-refractivity contribution is 5.54. The Bertz CT molecular complexity index is 832. The van der Waals surface area contributed by atoms with E-state index in [-0.39, 0.29) is 23.8 Å². The molecule has 6 heteroatoms. The van der Waals surface area contributed by atoms with Gasteiger partial charge in [-0.1, -0.05) is 0 Å². The molecule has 124 valence electrons. The summed E-state index contributed by atoms with van der Waals surface area (Å²) in [6.45, 7) is 2.05. The third-order valence-corrected chi connectivity index (χ3v) is 4.68. The van der Waals surface area contributed by atoms with Gasteiger partial charge in [-0.2, -0.15) is 0 Å². The topological polar surface area (TPSA) is 53.6 Å². The maximum absolute atomic E-state index is 14.1. The van der Waals surface area contributed by atoms with Crippen molar-refractivity contribution in [1.29, 1.82) is 0 Å². The molecule has 3 aliphatic rings. The third-order valence-electron chi connectivity index (χ3n) is 4.68. The third kappa shape index (κ3) is 2.78. The van der Waals surface area contributed by atoms with Gasteiger partial charge in [-0.15, -0.1) is 0 Å². The molecule has 1 fully saturated rings. The van der Waals surface area contributed by atoms with Gasteiger partial charge in [0.15, 0.2) is 0 Å². The number of nitrogens with zero attached hydrogens (tertiary/aromatic N) is 2. The van der Waals surface area contributed by atoms with Gasteiger partial charge in [0.1, 0.15) is 23.2 Å². The summed E-state index contributed by atoms with van der Waals surface area (Å²) in [5.41, 5.74) is 2.15. The van der Waals surface area contributed by atoms with Crippen LogP contribution in [0.2, 0.25) is 0 Å². The lowest BCUT2D eigenvalue weighted by Crippen LogP contribution is -2.38. The second-order valence-electron chi connectivity index (χ2n) is 6.47. The number of H-pyrrole nitrogens is 1. The molecular weight excluding hydrogens is 310 g/mol. The molecule has 0 aromatic heterocycles. The molecule has 3 unspecified atom stereocenters. The van der Waals surface area contributed by atoms with Crippen molar-refractivity contribution in [2.24, 2.45) is 0 Å². The lowest BCUT2D eigenvalue weighted by Gasteiger charge is -2.35. The van der Waals surface area contributed by atoms with Gasteiger partial charge in [-0.25, -0.2) is 13.8 Å². The fourth-order valence-corrected chi connectivity index (χ4v) is 3.57. The second kappa shape index (κ2) is 5.94. The number of piperidine rings is 1. The number of aromatic nitrogens is 3. The van der Waals surface area contributed by atoms with Gasteiger partial charge in [0.05, 0.1) is 11.9 Å². The van der Waals surface area contributed by atoms with Crippen molar-refractivity contribution in [3.8, 4) is 11.4 Å². The van der Waals surface area contributed by atoms with Crippen molar-refractivity contribution < 1.29 is 8.78 Å². The van der Waals surface area contributed by atoms with E-state index in [1.165, 1.54) is 12.1 Å². The fourth-order valence-electron chi connectivity index (χ4n) is 3.57. The molecule has 2 N–H and O–H groups in total. The minimum absolute atomic E-state index is 0.146. The standard InChI is InChI=1S/C18H18F2N4/c1-10-6-11(18-22-9-17-15(24-18)4-5-21-17)7-16(23-10)13-8-12(19)2-3-14(13)20/h2-5,8-11,16,23H,6-7H2,1H3,(H,22,24). The minimum Gasteiger partial charge on any atom is -0.342 e. The summed E-state index contributed by atoms with van der Waals surface area (Å²) in [6, 6.07) is 5.47. The molecule has 24 heavy (non-hydrogen) atoms. The van der Waals surface area contributed by atoms with E-state index in [1.807, 2.05) is 6.07 Å². The van der Waals surface area contributed by atoms with E-state index in [1.54, 1.807) is 12.4 Å². The quantitative estimate of drug-likeness (QED) is 0.753. The molecule has 1 aromatic rings. The van der Waals surface area contributed by atoms with Crippen LogP contribution in [0, 0.1) is 11.6 Å². The normalized spacial score (nSPS) is 24.4. The first-order chi connectivity index (χ1) is 11.6. The Morgan fingerprint density at radius 2 is 2.00 bits per heavy atom. The molecule has 1 saturated heterocycles. The number of benzene rings is 1. The zero-order valence-corrected chi connectivity index (χ0v) is 13.3. The van der Waals surface area contributed by atoms with Gasteiger partial charge in [0.25, 0.3) is 0 Å². The van der Waals surface area contributed by atoms with Crippen molar-refractivity contribution in [1.82, 2.24) is 20.3 Å². The number of nitrogens with one attached hydrogen (secondary N) is 2. The first-order valence-electron chi connectivity index (χ1n) is 8.11. The van der Waals surface area contributed by atoms with Crippen LogP contribution < -0.4 is 5.32 Å². The number of hydrogen-bond donors (Lipinski definition) is 2. The van der Waals surface area contributed by atoms with Crippen LogP contribution in [0.3, 0.4) is 0 Å². The largest absolute Gasteiger partial charge is 0.342 e. The lowest BCUT2D eigenvalue weighted by molar-refractivity contribution is 0.294. The molecule has 0 spiro atoms. The number of halogens is 2. The Balaban J connectivity index is 1.65. The van der Waals surface area contributed by atoms with E-state index < -0.39 is 5.82 Å². The Hall–Kier alpha value is -2.34. The van der Waals surface area contributed by atoms with Crippen molar-refractivity contribution in [2.75, 3.05) is 0 Å².